The van der Waals surface area contributed by atoms with E-state index in [4.69, 9.17) is 4.74 Å². The van der Waals surface area contributed by atoms with Crippen LogP contribution in [0.25, 0.3) is 0 Å². The number of Topliss-reactive ketones (excluding diaryl/α,β-unsaturated/α-hetero) is 1. The molecule has 3 saturated carbocycles. The van der Waals surface area contributed by atoms with Crippen LogP contribution in [0.1, 0.15) is 117 Å². The van der Waals surface area contributed by atoms with Crippen LogP contribution in [0.2, 0.25) is 0 Å². The van der Waals surface area contributed by atoms with Crippen molar-refractivity contribution in [3.05, 3.63) is 12.2 Å². The van der Waals surface area contributed by atoms with Crippen molar-refractivity contribution in [3.8, 4) is 0 Å². The lowest BCUT2D eigenvalue weighted by molar-refractivity contribution is -0.145. The van der Waals surface area contributed by atoms with E-state index in [9.17, 15) is 29.1 Å². The Hall–Kier alpha value is -3.03. The van der Waals surface area contributed by atoms with Crippen molar-refractivity contribution in [1.82, 2.24) is 31.5 Å². The SMILES string of the molecule is CC(C)(C)OC(=O)N[C@H]1CCCCC/C=C\[C@@H]2C[C@@]2(C(=O)O)NC(=O)[C@@H]2C[C@H](N3NC4CCC(C(=O)C5CCCCC5)CC4N3)CN2C1=O. The molecule has 0 aromatic heterocycles. The summed E-state index contributed by atoms with van der Waals surface area (Å²) in [5.41, 5.74) is 5.00. The second-order valence-electron chi connectivity index (χ2n) is 16.3. The Labute approximate surface area is 289 Å². The maximum Gasteiger partial charge on any atom is 0.408 e. The Morgan fingerprint density at radius 3 is 2.37 bits per heavy atom. The van der Waals surface area contributed by atoms with Gasteiger partial charge in [0.1, 0.15) is 29.0 Å². The third kappa shape index (κ3) is 8.14. The molecule has 8 atom stereocenters. The molecule has 0 radical (unpaired) electrons. The molecule has 6 rings (SSSR count). The van der Waals surface area contributed by atoms with Crippen molar-refractivity contribution < 1.29 is 33.8 Å². The minimum Gasteiger partial charge on any atom is -0.479 e. The molecular weight excluding hydrogens is 628 g/mol. The number of carbonyl (C=O) groups is 5. The fraction of sp³-hybridized carbons (Fsp3) is 0.806. The van der Waals surface area contributed by atoms with E-state index in [1.54, 1.807) is 20.8 Å². The average Bonchev–Trinajstić information content (AvgIpc) is 3.37. The lowest BCUT2D eigenvalue weighted by Gasteiger charge is -2.32. The summed E-state index contributed by atoms with van der Waals surface area (Å²) in [6, 6.07) is -1.94. The number of hydrogen-bond acceptors (Lipinski definition) is 9. The molecular formula is C36H56N6O7. The lowest BCUT2D eigenvalue weighted by Crippen LogP contribution is -2.56. The molecule has 3 aliphatic carbocycles. The highest BCUT2D eigenvalue weighted by Crippen LogP contribution is 2.45. The van der Waals surface area contributed by atoms with E-state index in [-0.39, 0.29) is 54.8 Å². The largest absolute Gasteiger partial charge is 0.479 e. The fourth-order valence-corrected chi connectivity index (χ4v) is 8.77. The third-order valence-electron chi connectivity index (χ3n) is 11.6. The number of hydrazine groups is 2. The van der Waals surface area contributed by atoms with Crippen LogP contribution in [0.3, 0.4) is 0 Å². The van der Waals surface area contributed by atoms with Gasteiger partial charge < -0.3 is 25.4 Å². The van der Waals surface area contributed by atoms with Crippen LogP contribution >= 0.6 is 0 Å². The molecule has 0 aromatic rings. The van der Waals surface area contributed by atoms with E-state index >= 15 is 0 Å². The number of rotatable bonds is 5. The van der Waals surface area contributed by atoms with Crippen LogP contribution in [0.4, 0.5) is 4.79 Å². The summed E-state index contributed by atoms with van der Waals surface area (Å²) >= 11 is 0. The summed E-state index contributed by atoms with van der Waals surface area (Å²) in [6.45, 7) is 5.48. The van der Waals surface area contributed by atoms with Crippen molar-refractivity contribution in [2.45, 2.75) is 158 Å². The van der Waals surface area contributed by atoms with E-state index < -0.39 is 41.2 Å². The lowest BCUT2D eigenvalue weighted by atomic mass is 9.74. The minimum absolute atomic E-state index is 0.0399. The number of nitrogens with zero attached hydrogens (tertiary/aromatic N) is 2. The number of alkyl carbamates (subject to hydrolysis) is 1. The number of ketones is 1. The summed E-state index contributed by atoms with van der Waals surface area (Å²) in [5.74, 6) is -1.64. The van der Waals surface area contributed by atoms with E-state index in [0.717, 1.165) is 64.2 Å². The zero-order valence-corrected chi connectivity index (χ0v) is 29.4. The fourth-order valence-electron chi connectivity index (χ4n) is 8.77. The molecule has 3 heterocycles. The molecule has 49 heavy (non-hydrogen) atoms. The number of ether oxygens (including phenoxy) is 1. The monoisotopic (exact) mass is 684 g/mol. The molecule has 2 saturated heterocycles. The maximum absolute atomic E-state index is 14.3. The van der Waals surface area contributed by atoms with Crippen LogP contribution in [-0.4, -0.2) is 92.7 Å². The number of carboxylic acids is 1. The van der Waals surface area contributed by atoms with Gasteiger partial charge in [0.15, 0.2) is 0 Å². The molecule has 6 aliphatic rings. The van der Waals surface area contributed by atoms with Crippen molar-refractivity contribution in [2.24, 2.45) is 17.8 Å². The number of nitrogens with one attached hydrogen (secondary N) is 4. The number of amides is 3. The summed E-state index contributed by atoms with van der Waals surface area (Å²) in [4.78, 5) is 68.6. The highest BCUT2D eigenvalue weighted by Gasteiger charge is 2.61. The normalized spacial score (nSPS) is 37.0. The highest BCUT2D eigenvalue weighted by atomic mass is 16.6. The number of aliphatic carboxylic acids is 1. The molecule has 3 unspecified atom stereocenters. The van der Waals surface area contributed by atoms with Crippen molar-refractivity contribution >= 4 is 29.7 Å². The number of carbonyl (C=O) groups excluding carboxylic acids is 4. The second kappa shape index (κ2) is 14.7. The van der Waals surface area contributed by atoms with E-state index in [1.807, 2.05) is 17.3 Å². The average molecular weight is 685 g/mol. The summed E-state index contributed by atoms with van der Waals surface area (Å²) < 4.78 is 5.50. The number of allylic oxidation sites excluding steroid dienone is 1. The number of carboxylic acid groups (broad SMARTS) is 1. The van der Waals surface area contributed by atoms with Crippen LogP contribution in [-0.2, 0) is 23.9 Å². The molecule has 5 fully saturated rings. The first kappa shape index (κ1) is 35.8. The van der Waals surface area contributed by atoms with Crippen molar-refractivity contribution in [1.29, 1.82) is 0 Å². The van der Waals surface area contributed by atoms with Gasteiger partial charge >= 0.3 is 12.1 Å². The first-order valence-corrected chi connectivity index (χ1v) is 18.7. The van der Waals surface area contributed by atoms with Crippen molar-refractivity contribution in [2.75, 3.05) is 6.54 Å². The zero-order chi connectivity index (χ0) is 34.9. The van der Waals surface area contributed by atoms with Gasteiger partial charge in [0.2, 0.25) is 11.8 Å². The van der Waals surface area contributed by atoms with Gasteiger partial charge in [0, 0.05) is 36.4 Å². The molecule has 13 heteroatoms. The molecule has 0 spiro atoms. The summed E-state index contributed by atoms with van der Waals surface area (Å²) in [7, 11) is 0. The molecule has 3 aliphatic heterocycles. The smallest absolute Gasteiger partial charge is 0.408 e. The van der Waals surface area contributed by atoms with Gasteiger partial charge in [0.25, 0.3) is 0 Å². The Kier molecular flexibility index (Phi) is 10.7. The molecule has 0 bridgehead atoms. The van der Waals surface area contributed by atoms with Crippen LogP contribution < -0.4 is 21.5 Å². The predicted molar refractivity (Wildman–Crippen MR) is 181 cm³/mol. The van der Waals surface area contributed by atoms with Crippen LogP contribution in [0.15, 0.2) is 12.2 Å². The van der Waals surface area contributed by atoms with E-state index in [2.05, 4.69) is 21.5 Å². The Morgan fingerprint density at radius 2 is 1.63 bits per heavy atom. The first-order valence-electron chi connectivity index (χ1n) is 18.7. The summed E-state index contributed by atoms with van der Waals surface area (Å²) in [6.07, 6.45) is 15.2. The summed E-state index contributed by atoms with van der Waals surface area (Å²) in [5, 5.41) is 17.7. The second-order valence-corrected chi connectivity index (χ2v) is 16.3. The van der Waals surface area contributed by atoms with Gasteiger partial charge in [-0.15, -0.1) is 0 Å². The minimum atomic E-state index is -1.40. The Balaban J connectivity index is 1.20. The molecule has 3 amide bonds. The quantitative estimate of drug-likeness (QED) is 0.271. The van der Waals surface area contributed by atoms with Crippen LogP contribution in [0, 0.1) is 17.8 Å². The standard InChI is InChI=1S/C36H56N6O7/c1-35(2,3)49-34(48)37-27-15-11-6-4-5-10-14-24-20-36(24,33(46)47)38-31(44)29-19-25(21-41(29)32(27)45)42-39-26-17-16-23(18-28(26)40-42)30(43)22-12-8-7-9-13-22/h10,14,22-29,39-40H,4-9,11-13,15-21H2,1-3H3,(H,37,48)(H,38,44)(H,46,47)/b14-10-/t23?,24-,25+,26?,27+,28?,29+,36-/m1/s1. The molecule has 0 aromatic carbocycles. The molecule has 13 nitrogen and oxygen atoms in total. The van der Waals surface area contributed by atoms with E-state index in [0.29, 0.717) is 25.0 Å². The van der Waals surface area contributed by atoms with E-state index in [1.165, 1.54) is 11.3 Å². The highest BCUT2D eigenvalue weighted by molar-refractivity contribution is 5.96. The Morgan fingerprint density at radius 1 is 0.918 bits per heavy atom. The zero-order valence-electron chi connectivity index (χ0n) is 29.4. The van der Waals surface area contributed by atoms with Crippen LogP contribution in [0.5, 0.6) is 0 Å². The number of hydrogen-bond donors (Lipinski definition) is 5. The molecule has 272 valence electrons. The number of fused-ring (bicyclic) bond motifs is 3. The van der Waals surface area contributed by atoms with Crippen molar-refractivity contribution in [3.63, 3.8) is 0 Å². The Bertz CT molecular complexity index is 1310. The van der Waals surface area contributed by atoms with Gasteiger partial charge in [-0.3, -0.25) is 14.4 Å². The third-order valence-corrected chi connectivity index (χ3v) is 11.6. The van der Waals surface area contributed by atoms with Gasteiger partial charge in [-0.2, -0.15) is 5.12 Å². The van der Waals surface area contributed by atoms with Gasteiger partial charge in [0.05, 0.1) is 6.04 Å². The topological polar surface area (TPSA) is 169 Å². The maximum atomic E-state index is 14.3. The van der Waals surface area contributed by atoms with Gasteiger partial charge in [-0.05, 0) is 85.0 Å². The predicted octanol–water partition coefficient (Wildman–Crippen LogP) is 3.34. The molecule has 5 N–H and O–H groups in total. The first-order chi connectivity index (χ1) is 23.3. The van der Waals surface area contributed by atoms with Gasteiger partial charge in [-0.1, -0.05) is 44.3 Å². The van der Waals surface area contributed by atoms with Gasteiger partial charge in [-0.25, -0.2) is 20.4 Å².